The summed E-state index contributed by atoms with van der Waals surface area (Å²) in [6, 6.07) is 13.8. The minimum atomic E-state index is -4.54. The number of H-pyrrole nitrogens is 1. The average Bonchev–Trinajstić information content (AvgIpc) is 3.39. The fourth-order valence-corrected chi connectivity index (χ4v) is 4.31. The first kappa shape index (κ1) is 26.0. The van der Waals surface area contributed by atoms with E-state index in [1.165, 1.54) is 36.6 Å². The number of amides is 2. The lowest BCUT2D eigenvalue weighted by Crippen LogP contribution is -2.36. The maximum atomic E-state index is 13.3. The van der Waals surface area contributed by atoms with E-state index in [1.54, 1.807) is 17.0 Å². The van der Waals surface area contributed by atoms with Gasteiger partial charge < -0.3 is 15.0 Å². The second-order valence-electron chi connectivity index (χ2n) is 8.64. The smallest absolute Gasteiger partial charge is 0.417 e. The Morgan fingerprint density at radius 1 is 1.14 bits per heavy atom. The molecule has 1 aliphatic rings. The quantitative estimate of drug-likeness (QED) is 0.319. The predicted molar refractivity (Wildman–Crippen MR) is 133 cm³/mol. The Morgan fingerprint density at radius 3 is 2.51 bits per heavy atom. The minimum Gasteiger partial charge on any atom is -0.501 e. The summed E-state index contributed by atoms with van der Waals surface area (Å²) in [4.78, 5) is 26.6. The third-order valence-corrected chi connectivity index (χ3v) is 6.25. The van der Waals surface area contributed by atoms with Crippen LogP contribution in [0.1, 0.15) is 47.3 Å². The zero-order valence-corrected chi connectivity index (χ0v) is 20.2. The van der Waals surface area contributed by atoms with E-state index in [2.05, 4.69) is 15.5 Å². The van der Waals surface area contributed by atoms with Crippen LogP contribution in [0.3, 0.4) is 0 Å². The number of benzene rings is 2. The van der Waals surface area contributed by atoms with Crippen LogP contribution < -0.4 is 5.32 Å². The van der Waals surface area contributed by atoms with E-state index in [0.29, 0.717) is 31.3 Å². The van der Waals surface area contributed by atoms with E-state index in [4.69, 9.17) is 4.74 Å². The van der Waals surface area contributed by atoms with Crippen molar-refractivity contribution >= 4 is 17.5 Å². The van der Waals surface area contributed by atoms with Gasteiger partial charge in [-0.05, 0) is 55.5 Å². The first-order chi connectivity index (χ1) is 17.8. The van der Waals surface area contributed by atoms with Crippen molar-refractivity contribution in [3.8, 4) is 11.3 Å². The van der Waals surface area contributed by atoms with Crippen LogP contribution in [-0.2, 0) is 15.7 Å². The van der Waals surface area contributed by atoms with Crippen molar-refractivity contribution in [1.29, 1.82) is 0 Å². The molecule has 194 valence electrons. The number of alkyl halides is 3. The lowest BCUT2D eigenvalue weighted by molar-refractivity contribution is -0.137. The fraction of sp³-hybridized carbons (Fsp3) is 0.296. The first-order valence-electron chi connectivity index (χ1n) is 12.0. The predicted octanol–water partition coefficient (Wildman–Crippen LogP) is 5.60. The van der Waals surface area contributed by atoms with Gasteiger partial charge in [0.25, 0.3) is 5.91 Å². The van der Waals surface area contributed by atoms with E-state index in [-0.39, 0.29) is 22.9 Å². The Balaban J connectivity index is 1.35. The molecule has 2 N–H and O–H groups in total. The summed E-state index contributed by atoms with van der Waals surface area (Å²) in [7, 11) is 0. The van der Waals surface area contributed by atoms with Gasteiger partial charge in [-0.15, -0.1) is 0 Å². The van der Waals surface area contributed by atoms with Gasteiger partial charge in [-0.2, -0.15) is 18.3 Å². The molecule has 0 atom stereocenters. The molecule has 1 aromatic heterocycles. The van der Waals surface area contributed by atoms with Gasteiger partial charge in [-0.1, -0.05) is 30.3 Å². The average molecular weight is 513 g/mol. The van der Waals surface area contributed by atoms with E-state index >= 15 is 0 Å². The Morgan fingerprint density at radius 2 is 1.84 bits per heavy atom. The molecule has 0 aliphatic carbocycles. The number of halogens is 3. The lowest BCUT2D eigenvalue weighted by Gasteiger charge is -2.31. The Hall–Kier alpha value is -4.08. The highest BCUT2D eigenvalue weighted by atomic mass is 19.4. The SMILES string of the molecule is CCO/C=C/C(=O)N1CCC(c2ccc(NC(=O)c3cc(-c4ccccc4C(F)(F)F)n[nH]3)cc2)CC1. The normalized spacial score (nSPS) is 14.6. The van der Waals surface area contributed by atoms with Gasteiger partial charge >= 0.3 is 6.18 Å². The molecule has 1 fully saturated rings. The van der Waals surface area contributed by atoms with Crippen LogP contribution in [0.15, 0.2) is 66.9 Å². The summed E-state index contributed by atoms with van der Waals surface area (Å²) in [5.41, 5.74) is 0.823. The maximum Gasteiger partial charge on any atom is 0.417 e. The van der Waals surface area contributed by atoms with Crippen molar-refractivity contribution < 1.29 is 27.5 Å². The number of anilines is 1. The number of ether oxygens (including phenoxy) is 1. The zero-order chi connectivity index (χ0) is 26.4. The summed E-state index contributed by atoms with van der Waals surface area (Å²) >= 11 is 0. The van der Waals surface area contributed by atoms with Crippen molar-refractivity contribution in [3.63, 3.8) is 0 Å². The number of nitrogens with one attached hydrogen (secondary N) is 2. The van der Waals surface area contributed by atoms with E-state index in [0.717, 1.165) is 24.5 Å². The van der Waals surface area contributed by atoms with Crippen molar-refractivity contribution in [3.05, 3.63) is 83.8 Å². The second-order valence-corrected chi connectivity index (χ2v) is 8.64. The number of hydrogen-bond donors (Lipinski definition) is 2. The van der Waals surface area contributed by atoms with Gasteiger partial charge in [-0.3, -0.25) is 14.7 Å². The molecule has 0 spiro atoms. The molecular weight excluding hydrogens is 485 g/mol. The van der Waals surface area contributed by atoms with Gasteiger partial charge in [0, 0.05) is 30.4 Å². The van der Waals surface area contributed by atoms with Gasteiger partial charge in [0.2, 0.25) is 5.91 Å². The number of hydrogen-bond acceptors (Lipinski definition) is 4. The Bertz CT molecular complexity index is 1260. The van der Waals surface area contributed by atoms with Crippen LogP contribution in [0.25, 0.3) is 11.3 Å². The molecule has 1 aliphatic heterocycles. The summed E-state index contributed by atoms with van der Waals surface area (Å²) in [6.45, 7) is 3.67. The zero-order valence-electron chi connectivity index (χ0n) is 20.2. The van der Waals surface area contributed by atoms with Crippen LogP contribution in [0, 0.1) is 0 Å². The van der Waals surface area contributed by atoms with Crippen LogP contribution >= 0.6 is 0 Å². The molecule has 0 bridgehead atoms. The third kappa shape index (κ3) is 6.38. The lowest BCUT2D eigenvalue weighted by atomic mass is 9.89. The van der Waals surface area contributed by atoms with Crippen LogP contribution in [0.5, 0.6) is 0 Å². The van der Waals surface area contributed by atoms with Crippen molar-refractivity contribution in [2.75, 3.05) is 25.0 Å². The molecule has 2 amide bonds. The highest BCUT2D eigenvalue weighted by Crippen LogP contribution is 2.36. The van der Waals surface area contributed by atoms with Crippen molar-refractivity contribution in [2.45, 2.75) is 31.9 Å². The van der Waals surface area contributed by atoms with Crippen LogP contribution in [0.2, 0.25) is 0 Å². The summed E-state index contributed by atoms with van der Waals surface area (Å²) in [5, 5.41) is 9.17. The van der Waals surface area contributed by atoms with Crippen molar-refractivity contribution in [1.82, 2.24) is 15.1 Å². The molecule has 7 nitrogen and oxygen atoms in total. The molecule has 0 radical (unpaired) electrons. The van der Waals surface area contributed by atoms with Gasteiger partial charge in [0.1, 0.15) is 5.69 Å². The number of piperidine rings is 1. The number of aromatic nitrogens is 2. The number of carbonyl (C=O) groups is 2. The van der Waals surface area contributed by atoms with Gasteiger partial charge in [0.05, 0.1) is 24.1 Å². The molecule has 1 saturated heterocycles. The third-order valence-electron chi connectivity index (χ3n) is 6.25. The molecule has 3 aromatic rings. The first-order valence-corrected chi connectivity index (χ1v) is 12.0. The standard InChI is InChI=1S/C27H27F3N4O3/c1-2-37-16-13-25(35)34-14-11-19(12-15-34)18-7-9-20(10-8-18)31-26(36)24-17-23(32-33-24)21-5-3-4-6-22(21)27(28,29)30/h3-10,13,16-17,19H,2,11-12,14-15H2,1H3,(H,31,36)(H,32,33)/b16-13+. The number of aromatic amines is 1. The number of rotatable bonds is 7. The highest BCUT2D eigenvalue weighted by molar-refractivity contribution is 6.03. The fourth-order valence-electron chi connectivity index (χ4n) is 4.31. The Kier molecular flexibility index (Phi) is 7.95. The molecule has 37 heavy (non-hydrogen) atoms. The summed E-state index contributed by atoms with van der Waals surface area (Å²) in [6.07, 6.45) is -0.00896. The second kappa shape index (κ2) is 11.3. The Labute approximate surface area is 212 Å². The van der Waals surface area contributed by atoms with Gasteiger partial charge in [0.15, 0.2) is 0 Å². The van der Waals surface area contributed by atoms with Crippen molar-refractivity contribution in [2.24, 2.45) is 0 Å². The van der Waals surface area contributed by atoms with Crippen LogP contribution in [-0.4, -0.2) is 46.6 Å². The molecule has 4 rings (SSSR count). The topological polar surface area (TPSA) is 87.3 Å². The number of carbonyl (C=O) groups excluding carboxylic acids is 2. The summed E-state index contributed by atoms with van der Waals surface area (Å²) < 4.78 is 45.1. The highest BCUT2D eigenvalue weighted by Gasteiger charge is 2.34. The van der Waals surface area contributed by atoms with E-state index < -0.39 is 17.6 Å². The molecule has 2 aromatic carbocycles. The molecule has 0 saturated carbocycles. The molecule has 2 heterocycles. The monoisotopic (exact) mass is 512 g/mol. The number of likely N-dealkylation sites (tertiary alicyclic amines) is 1. The van der Waals surface area contributed by atoms with Crippen LogP contribution in [0.4, 0.5) is 18.9 Å². The maximum absolute atomic E-state index is 13.3. The van der Waals surface area contributed by atoms with Gasteiger partial charge in [-0.25, -0.2) is 0 Å². The molecule has 10 heteroatoms. The van der Waals surface area contributed by atoms with E-state index in [9.17, 15) is 22.8 Å². The molecular formula is C27H27F3N4O3. The largest absolute Gasteiger partial charge is 0.501 e. The van der Waals surface area contributed by atoms with E-state index in [1.807, 2.05) is 19.1 Å². The number of nitrogens with zero attached hydrogens (tertiary/aromatic N) is 2. The molecule has 0 unspecified atom stereocenters. The summed E-state index contributed by atoms with van der Waals surface area (Å²) in [5.74, 6) is -0.273. The minimum absolute atomic E-state index is 0.0339.